The normalized spacial score (nSPS) is 12.9. The molecule has 1 aromatic heterocycles. The van der Waals surface area contributed by atoms with Crippen LogP contribution in [0.1, 0.15) is 63.2 Å². The maximum Gasteiger partial charge on any atom is 0.251 e. The summed E-state index contributed by atoms with van der Waals surface area (Å²) in [6, 6.07) is 6.23. The molecule has 0 aliphatic rings. The van der Waals surface area contributed by atoms with E-state index in [0.717, 1.165) is 23.0 Å². The third kappa shape index (κ3) is 3.29. The SMILES string of the molecule is CC(C)(C)Cc1[nH]c2cc(C(C)(C)C)ccc2c1C(N)=O. The fourth-order valence-electron chi connectivity index (χ4n) is 2.66. The van der Waals surface area contributed by atoms with E-state index < -0.39 is 0 Å². The lowest BCUT2D eigenvalue weighted by Gasteiger charge is -2.18. The first-order valence-corrected chi connectivity index (χ1v) is 7.44. The van der Waals surface area contributed by atoms with Crippen molar-refractivity contribution >= 4 is 16.8 Å². The van der Waals surface area contributed by atoms with Gasteiger partial charge in [-0.15, -0.1) is 0 Å². The van der Waals surface area contributed by atoms with E-state index in [-0.39, 0.29) is 16.7 Å². The number of hydrogen-bond acceptors (Lipinski definition) is 1. The maximum absolute atomic E-state index is 11.9. The van der Waals surface area contributed by atoms with E-state index in [0.29, 0.717) is 5.56 Å². The van der Waals surface area contributed by atoms with Crippen molar-refractivity contribution in [1.29, 1.82) is 0 Å². The minimum Gasteiger partial charge on any atom is -0.366 e. The van der Waals surface area contributed by atoms with Gasteiger partial charge in [-0.05, 0) is 28.9 Å². The van der Waals surface area contributed by atoms with Crippen molar-refractivity contribution in [2.24, 2.45) is 11.1 Å². The van der Waals surface area contributed by atoms with E-state index in [2.05, 4.69) is 58.7 Å². The lowest BCUT2D eigenvalue weighted by Crippen LogP contribution is -2.17. The molecule has 0 aliphatic heterocycles. The Hall–Kier alpha value is -1.77. The first-order chi connectivity index (χ1) is 9.49. The maximum atomic E-state index is 11.9. The lowest BCUT2D eigenvalue weighted by molar-refractivity contribution is 0.100. The Morgan fingerprint density at radius 1 is 1.14 bits per heavy atom. The molecule has 1 amide bonds. The van der Waals surface area contributed by atoms with Crippen LogP contribution < -0.4 is 5.73 Å². The molecule has 1 heterocycles. The number of primary amides is 1. The Kier molecular flexibility index (Phi) is 3.64. The molecule has 0 bridgehead atoms. The zero-order valence-corrected chi connectivity index (χ0v) is 13.9. The summed E-state index contributed by atoms with van der Waals surface area (Å²) < 4.78 is 0. The van der Waals surface area contributed by atoms with Crippen LogP contribution >= 0.6 is 0 Å². The zero-order chi connectivity index (χ0) is 16.0. The number of H-pyrrole nitrogens is 1. The molecule has 0 aliphatic carbocycles. The van der Waals surface area contributed by atoms with Gasteiger partial charge in [0.05, 0.1) is 5.56 Å². The van der Waals surface area contributed by atoms with E-state index >= 15 is 0 Å². The van der Waals surface area contributed by atoms with Crippen LogP contribution in [0.3, 0.4) is 0 Å². The monoisotopic (exact) mass is 286 g/mol. The van der Waals surface area contributed by atoms with Gasteiger partial charge in [-0.2, -0.15) is 0 Å². The van der Waals surface area contributed by atoms with E-state index in [1.807, 2.05) is 6.07 Å². The molecule has 0 radical (unpaired) electrons. The third-order valence-corrected chi connectivity index (χ3v) is 3.70. The zero-order valence-electron chi connectivity index (χ0n) is 13.9. The summed E-state index contributed by atoms with van der Waals surface area (Å²) in [5.41, 5.74) is 9.60. The number of hydrogen-bond donors (Lipinski definition) is 2. The Bertz CT molecular complexity index is 682. The summed E-state index contributed by atoms with van der Waals surface area (Å²) in [5, 5.41) is 0.926. The summed E-state index contributed by atoms with van der Waals surface area (Å²) >= 11 is 0. The summed E-state index contributed by atoms with van der Waals surface area (Å²) in [5.74, 6) is -0.357. The molecule has 3 nitrogen and oxygen atoms in total. The van der Waals surface area contributed by atoms with Crippen LogP contribution in [0.15, 0.2) is 18.2 Å². The highest BCUT2D eigenvalue weighted by molar-refractivity contribution is 6.07. The van der Waals surface area contributed by atoms with E-state index in [1.165, 1.54) is 5.56 Å². The Balaban J connectivity index is 2.65. The third-order valence-electron chi connectivity index (χ3n) is 3.70. The lowest BCUT2D eigenvalue weighted by atomic mass is 9.86. The smallest absolute Gasteiger partial charge is 0.251 e. The minimum absolute atomic E-state index is 0.0797. The molecule has 2 aromatic rings. The second-order valence-corrected chi connectivity index (χ2v) is 8.09. The van der Waals surface area contributed by atoms with Gasteiger partial charge >= 0.3 is 0 Å². The summed E-state index contributed by atoms with van der Waals surface area (Å²) in [4.78, 5) is 15.3. The molecular formula is C18H26N2O. The first kappa shape index (κ1) is 15.6. The molecule has 21 heavy (non-hydrogen) atoms. The Morgan fingerprint density at radius 3 is 2.24 bits per heavy atom. The summed E-state index contributed by atoms with van der Waals surface area (Å²) in [6.45, 7) is 13.0. The quantitative estimate of drug-likeness (QED) is 0.856. The predicted octanol–water partition coefficient (Wildman–Crippen LogP) is 4.15. The number of carbonyl (C=O) groups is 1. The highest BCUT2D eigenvalue weighted by Gasteiger charge is 2.22. The number of amides is 1. The van der Waals surface area contributed by atoms with E-state index in [4.69, 9.17) is 5.73 Å². The molecule has 1 aromatic carbocycles. The van der Waals surface area contributed by atoms with Crippen molar-refractivity contribution < 1.29 is 4.79 Å². The topological polar surface area (TPSA) is 58.9 Å². The van der Waals surface area contributed by atoms with Gasteiger partial charge in [0, 0.05) is 16.6 Å². The fraction of sp³-hybridized carbons (Fsp3) is 0.500. The van der Waals surface area contributed by atoms with Crippen LogP contribution in [0.5, 0.6) is 0 Å². The van der Waals surface area contributed by atoms with Crippen LogP contribution in [0.4, 0.5) is 0 Å². The van der Waals surface area contributed by atoms with Gasteiger partial charge in [0.2, 0.25) is 0 Å². The van der Waals surface area contributed by atoms with Gasteiger partial charge in [0.1, 0.15) is 0 Å². The largest absolute Gasteiger partial charge is 0.366 e. The van der Waals surface area contributed by atoms with Crippen LogP contribution in [0.25, 0.3) is 10.9 Å². The number of fused-ring (bicyclic) bond motifs is 1. The molecule has 2 rings (SSSR count). The van der Waals surface area contributed by atoms with Crippen molar-refractivity contribution in [2.45, 2.75) is 53.4 Å². The van der Waals surface area contributed by atoms with E-state index in [1.54, 1.807) is 0 Å². The van der Waals surface area contributed by atoms with Crippen molar-refractivity contribution in [2.75, 3.05) is 0 Å². The molecule has 0 fully saturated rings. The summed E-state index contributed by atoms with van der Waals surface area (Å²) in [6.07, 6.45) is 0.796. The molecule has 3 N–H and O–H groups in total. The van der Waals surface area contributed by atoms with Gasteiger partial charge in [-0.1, -0.05) is 53.7 Å². The van der Waals surface area contributed by atoms with Crippen molar-refractivity contribution in [1.82, 2.24) is 4.98 Å². The minimum atomic E-state index is -0.357. The second-order valence-electron chi connectivity index (χ2n) is 8.09. The highest BCUT2D eigenvalue weighted by Crippen LogP contribution is 2.31. The Labute approximate surface area is 126 Å². The fourth-order valence-corrected chi connectivity index (χ4v) is 2.66. The molecule has 0 unspecified atom stereocenters. The van der Waals surface area contributed by atoms with Crippen LogP contribution in [0.2, 0.25) is 0 Å². The van der Waals surface area contributed by atoms with Crippen LogP contribution in [0, 0.1) is 5.41 Å². The molecule has 114 valence electrons. The number of nitrogens with two attached hydrogens (primary N) is 1. The summed E-state index contributed by atoms with van der Waals surface area (Å²) in [7, 11) is 0. The van der Waals surface area contributed by atoms with Gasteiger partial charge in [0.15, 0.2) is 0 Å². The average molecular weight is 286 g/mol. The van der Waals surface area contributed by atoms with Gasteiger partial charge in [0.25, 0.3) is 5.91 Å². The number of rotatable bonds is 2. The number of nitrogens with one attached hydrogen (secondary N) is 1. The van der Waals surface area contributed by atoms with Gasteiger partial charge < -0.3 is 10.7 Å². The van der Waals surface area contributed by atoms with Gasteiger partial charge in [-0.25, -0.2) is 0 Å². The Morgan fingerprint density at radius 2 is 1.76 bits per heavy atom. The number of benzene rings is 1. The van der Waals surface area contributed by atoms with Crippen molar-refractivity contribution in [3.63, 3.8) is 0 Å². The van der Waals surface area contributed by atoms with Gasteiger partial charge in [-0.3, -0.25) is 4.79 Å². The molecule has 0 spiro atoms. The average Bonchev–Trinajstić information content (AvgIpc) is 2.61. The number of aromatic amines is 1. The molecule has 0 saturated carbocycles. The highest BCUT2D eigenvalue weighted by atomic mass is 16.1. The molecule has 3 heteroatoms. The number of carbonyl (C=O) groups excluding carboxylic acids is 1. The second kappa shape index (κ2) is 4.90. The van der Waals surface area contributed by atoms with Crippen LogP contribution in [-0.2, 0) is 11.8 Å². The predicted molar refractivity (Wildman–Crippen MR) is 88.7 cm³/mol. The molecular weight excluding hydrogens is 260 g/mol. The van der Waals surface area contributed by atoms with Crippen molar-refractivity contribution in [3.8, 4) is 0 Å². The molecule has 0 atom stereocenters. The van der Waals surface area contributed by atoms with E-state index in [9.17, 15) is 4.79 Å². The number of aromatic nitrogens is 1. The standard InChI is InChI=1S/C18H26N2O/c1-17(2,3)10-14-15(16(19)21)12-8-7-11(18(4,5)6)9-13(12)20-14/h7-9,20H,10H2,1-6H3,(H2,19,21). The molecule has 0 saturated heterocycles. The van der Waals surface area contributed by atoms with Crippen molar-refractivity contribution in [3.05, 3.63) is 35.0 Å². The van der Waals surface area contributed by atoms with Crippen LogP contribution in [-0.4, -0.2) is 10.9 Å². The first-order valence-electron chi connectivity index (χ1n) is 7.44.